The van der Waals surface area contributed by atoms with Gasteiger partial charge in [0.05, 0.1) is 0 Å². The first-order chi connectivity index (χ1) is 10.2. The molecule has 0 fully saturated rings. The van der Waals surface area contributed by atoms with Crippen LogP contribution >= 0.6 is 11.6 Å². The fourth-order valence-corrected chi connectivity index (χ4v) is 2.66. The zero-order valence-electron chi connectivity index (χ0n) is 11.1. The Kier molecular flexibility index (Phi) is 3.72. The molecule has 0 bridgehead atoms. The Bertz CT molecular complexity index is 801. The Hall–Kier alpha value is -2.19. The molecule has 0 unspecified atom stereocenters. The summed E-state index contributed by atoms with van der Waals surface area (Å²) in [4.78, 5) is 12.5. The van der Waals surface area contributed by atoms with Crippen LogP contribution < -0.4 is 0 Å². The molecule has 0 radical (unpaired) electrons. The Morgan fingerprint density at radius 1 is 0.952 bits per heavy atom. The first-order valence-corrected chi connectivity index (χ1v) is 6.98. The molecule has 3 aromatic carbocycles. The average Bonchev–Trinajstić information content (AvgIpc) is 2.50. The molecule has 3 heteroatoms. The molecule has 0 saturated heterocycles. The van der Waals surface area contributed by atoms with Gasteiger partial charge in [0, 0.05) is 22.6 Å². The van der Waals surface area contributed by atoms with Gasteiger partial charge in [0.15, 0.2) is 5.78 Å². The number of carbonyl (C=O) groups excluding carboxylic acids is 1. The van der Waals surface area contributed by atoms with Crippen LogP contribution in [-0.2, 0) is 6.42 Å². The third-order valence-electron chi connectivity index (χ3n) is 3.49. The lowest BCUT2D eigenvalue weighted by atomic mass is 9.97. The third-order valence-corrected chi connectivity index (χ3v) is 3.84. The van der Waals surface area contributed by atoms with E-state index in [2.05, 4.69) is 0 Å². The summed E-state index contributed by atoms with van der Waals surface area (Å²) in [5, 5.41) is 2.14. The molecular weight excluding hydrogens is 287 g/mol. The number of benzene rings is 3. The highest BCUT2D eigenvalue weighted by atomic mass is 35.5. The number of hydrogen-bond acceptors (Lipinski definition) is 1. The molecule has 0 heterocycles. The maximum atomic E-state index is 13.8. The minimum absolute atomic E-state index is 0.0421. The Morgan fingerprint density at radius 3 is 2.48 bits per heavy atom. The number of halogens is 2. The van der Waals surface area contributed by atoms with Gasteiger partial charge >= 0.3 is 0 Å². The van der Waals surface area contributed by atoms with Crippen molar-refractivity contribution in [2.24, 2.45) is 0 Å². The molecule has 0 aliphatic rings. The van der Waals surface area contributed by atoms with E-state index in [0.717, 1.165) is 10.8 Å². The summed E-state index contributed by atoms with van der Waals surface area (Å²) in [5.74, 6) is -0.588. The second-order valence-corrected chi connectivity index (χ2v) is 5.23. The Balaban J connectivity index is 2.02. The van der Waals surface area contributed by atoms with Crippen molar-refractivity contribution in [1.82, 2.24) is 0 Å². The number of fused-ring (bicyclic) bond motifs is 1. The summed E-state index contributed by atoms with van der Waals surface area (Å²) in [6, 6.07) is 17.6. The molecule has 3 aromatic rings. The molecule has 0 N–H and O–H groups in total. The predicted molar refractivity (Wildman–Crippen MR) is 83.4 cm³/mol. The maximum Gasteiger partial charge on any atom is 0.168 e. The number of carbonyl (C=O) groups is 1. The molecule has 104 valence electrons. The molecule has 3 rings (SSSR count). The van der Waals surface area contributed by atoms with E-state index in [9.17, 15) is 9.18 Å². The Labute approximate surface area is 127 Å². The van der Waals surface area contributed by atoms with Crippen LogP contribution in [0.1, 0.15) is 15.9 Å². The van der Waals surface area contributed by atoms with Gasteiger partial charge in [-0.05, 0) is 22.9 Å². The van der Waals surface area contributed by atoms with Gasteiger partial charge in [0.25, 0.3) is 0 Å². The lowest BCUT2D eigenvalue weighted by Crippen LogP contribution is -2.06. The summed E-state index contributed by atoms with van der Waals surface area (Å²) in [6.45, 7) is 0. The predicted octanol–water partition coefficient (Wildman–Crippen LogP) is 5.06. The zero-order valence-corrected chi connectivity index (χ0v) is 11.9. The van der Waals surface area contributed by atoms with Gasteiger partial charge in [0.2, 0.25) is 0 Å². The van der Waals surface area contributed by atoms with Crippen LogP contribution in [0.2, 0.25) is 5.02 Å². The van der Waals surface area contributed by atoms with Crippen LogP contribution in [0.5, 0.6) is 0 Å². The minimum atomic E-state index is -0.448. The average molecular weight is 299 g/mol. The van der Waals surface area contributed by atoms with Crippen molar-refractivity contribution >= 4 is 28.2 Å². The van der Waals surface area contributed by atoms with Crippen molar-refractivity contribution in [3.8, 4) is 0 Å². The van der Waals surface area contributed by atoms with Gasteiger partial charge in [0.1, 0.15) is 5.82 Å². The van der Waals surface area contributed by atoms with E-state index in [-0.39, 0.29) is 22.8 Å². The number of ketones is 1. The van der Waals surface area contributed by atoms with Crippen LogP contribution in [-0.4, -0.2) is 5.78 Å². The molecule has 0 aromatic heterocycles. The molecule has 0 spiro atoms. The van der Waals surface area contributed by atoms with Crippen molar-refractivity contribution in [3.63, 3.8) is 0 Å². The van der Waals surface area contributed by atoms with E-state index < -0.39 is 5.82 Å². The fourth-order valence-electron chi connectivity index (χ4n) is 2.43. The van der Waals surface area contributed by atoms with E-state index >= 15 is 0 Å². The summed E-state index contributed by atoms with van der Waals surface area (Å²) in [5.41, 5.74) is 0.838. The molecule has 0 saturated carbocycles. The van der Waals surface area contributed by atoms with Gasteiger partial charge in [-0.25, -0.2) is 4.39 Å². The normalized spacial score (nSPS) is 10.8. The van der Waals surface area contributed by atoms with E-state index in [1.807, 2.05) is 36.4 Å². The molecule has 1 nitrogen and oxygen atoms in total. The molecule has 21 heavy (non-hydrogen) atoms. The van der Waals surface area contributed by atoms with Crippen molar-refractivity contribution in [3.05, 3.63) is 82.6 Å². The van der Waals surface area contributed by atoms with E-state index in [1.165, 1.54) is 12.1 Å². The summed E-state index contributed by atoms with van der Waals surface area (Å²) >= 11 is 5.99. The van der Waals surface area contributed by atoms with Crippen molar-refractivity contribution in [1.29, 1.82) is 0 Å². The van der Waals surface area contributed by atoms with Gasteiger partial charge in [-0.1, -0.05) is 60.1 Å². The Morgan fingerprint density at radius 2 is 1.67 bits per heavy atom. The molecule has 0 atom stereocenters. The first kappa shape index (κ1) is 13.8. The third kappa shape index (κ3) is 2.67. The molecule has 0 amide bonds. The van der Waals surface area contributed by atoms with Crippen molar-refractivity contribution in [2.45, 2.75) is 6.42 Å². The van der Waals surface area contributed by atoms with Crippen LogP contribution in [0.25, 0.3) is 10.8 Å². The standard InChI is InChI=1S/C18H12ClFO/c19-16-9-4-10-17(20)15(16)11-18(21)14-8-3-6-12-5-1-2-7-13(12)14/h1-10H,11H2. The smallest absolute Gasteiger partial charge is 0.168 e. The largest absolute Gasteiger partial charge is 0.294 e. The second kappa shape index (κ2) is 5.66. The number of hydrogen-bond donors (Lipinski definition) is 0. The van der Waals surface area contributed by atoms with Gasteiger partial charge < -0.3 is 0 Å². The van der Waals surface area contributed by atoms with Gasteiger partial charge in [-0.3, -0.25) is 4.79 Å². The summed E-state index contributed by atoms with van der Waals surface area (Å²) in [7, 11) is 0. The number of rotatable bonds is 3. The first-order valence-electron chi connectivity index (χ1n) is 6.60. The molecular formula is C18H12ClFO. The highest BCUT2D eigenvalue weighted by Crippen LogP contribution is 2.24. The lowest BCUT2D eigenvalue weighted by molar-refractivity contribution is 0.0993. The van der Waals surface area contributed by atoms with E-state index in [1.54, 1.807) is 12.1 Å². The van der Waals surface area contributed by atoms with Crippen molar-refractivity contribution in [2.75, 3.05) is 0 Å². The van der Waals surface area contributed by atoms with Gasteiger partial charge in [-0.2, -0.15) is 0 Å². The quantitative estimate of drug-likeness (QED) is 0.618. The van der Waals surface area contributed by atoms with E-state index in [4.69, 9.17) is 11.6 Å². The van der Waals surface area contributed by atoms with Crippen LogP contribution in [0, 0.1) is 5.82 Å². The fraction of sp³-hybridized carbons (Fsp3) is 0.0556. The highest BCUT2D eigenvalue weighted by molar-refractivity contribution is 6.31. The second-order valence-electron chi connectivity index (χ2n) is 4.83. The SMILES string of the molecule is O=C(Cc1c(F)cccc1Cl)c1cccc2ccccc12. The maximum absolute atomic E-state index is 13.8. The summed E-state index contributed by atoms with van der Waals surface area (Å²) in [6.07, 6.45) is -0.0421. The summed E-state index contributed by atoms with van der Waals surface area (Å²) < 4.78 is 13.8. The number of Topliss-reactive ketones (excluding diaryl/α,β-unsaturated/α-hetero) is 1. The lowest BCUT2D eigenvalue weighted by Gasteiger charge is -2.08. The zero-order chi connectivity index (χ0) is 14.8. The van der Waals surface area contributed by atoms with Crippen LogP contribution in [0.3, 0.4) is 0 Å². The minimum Gasteiger partial charge on any atom is -0.294 e. The van der Waals surface area contributed by atoms with Crippen LogP contribution in [0.4, 0.5) is 4.39 Å². The monoisotopic (exact) mass is 298 g/mol. The van der Waals surface area contributed by atoms with Crippen molar-refractivity contribution < 1.29 is 9.18 Å². The highest BCUT2D eigenvalue weighted by Gasteiger charge is 2.15. The van der Waals surface area contributed by atoms with E-state index in [0.29, 0.717) is 5.56 Å². The molecule has 0 aliphatic heterocycles. The van der Waals surface area contributed by atoms with Gasteiger partial charge in [-0.15, -0.1) is 0 Å². The molecule has 0 aliphatic carbocycles. The topological polar surface area (TPSA) is 17.1 Å². The van der Waals surface area contributed by atoms with Crippen LogP contribution in [0.15, 0.2) is 60.7 Å².